The van der Waals surface area contributed by atoms with Crippen LogP contribution in [0.1, 0.15) is 25.1 Å². The standard InChI is InChI=1S/C20H24N4O2/c25-17-7-10-23(11-8-17)19-6-9-21-18(22-19)12-15-13-20(26)24(14-15)16-4-2-1-3-5-16/h1-6,9,15,17,25H,7-8,10-14H2. The molecule has 4 rings (SSSR count). The minimum atomic E-state index is -0.193. The van der Waals surface area contributed by atoms with Crippen molar-refractivity contribution in [1.82, 2.24) is 9.97 Å². The van der Waals surface area contributed by atoms with Gasteiger partial charge in [0.05, 0.1) is 6.10 Å². The highest BCUT2D eigenvalue weighted by molar-refractivity contribution is 5.95. The molecule has 0 spiro atoms. The highest BCUT2D eigenvalue weighted by atomic mass is 16.3. The molecule has 1 aromatic heterocycles. The number of hydrogen-bond donors (Lipinski definition) is 1. The molecule has 0 radical (unpaired) electrons. The quantitative estimate of drug-likeness (QED) is 0.912. The molecule has 1 unspecified atom stereocenters. The van der Waals surface area contributed by atoms with Crippen molar-refractivity contribution in [3.8, 4) is 0 Å². The lowest BCUT2D eigenvalue weighted by Crippen LogP contribution is -2.36. The first kappa shape index (κ1) is 17.0. The summed E-state index contributed by atoms with van der Waals surface area (Å²) < 4.78 is 0. The summed E-state index contributed by atoms with van der Waals surface area (Å²) in [7, 11) is 0. The van der Waals surface area contributed by atoms with Gasteiger partial charge in [0.2, 0.25) is 5.91 Å². The van der Waals surface area contributed by atoms with Gasteiger partial charge in [0, 0.05) is 44.4 Å². The Kier molecular flexibility index (Phi) is 4.84. The molecular formula is C20H24N4O2. The third-order valence-electron chi connectivity index (χ3n) is 5.22. The summed E-state index contributed by atoms with van der Waals surface area (Å²) in [4.78, 5) is 25.6. The van der Waals surface area contributed by atoms with E-state index in [0.29, 0.717) is 19.4 Å². The summed E-state index contributed by atoms with van der Waals surface area (Å²) in [5.74, 6) is 2.12. The molecule has 1 aromatic carbocycles. The molecule has 6 nitrogen and oxygen atoms in total. The van der Waals surface area contributed by atoms with Crippen molar-refractivity contribution in [2.45, 2.75) is 31.8 Å². The Morgan fingerprint density at radius 1 is 1.12 bits per heavy atom. The Hall–Kier alpha value is -2.47. The van der Waals surface area contributed by atoms with Crippen molar-refractivity contribution >= 4 is 17.4 Å². The fourth-order valence-electron chi connectivity index (χ4n) is 3.79. The van der Waals surface area contributed by atoms with E-state index >= 15 is 0 Å². The molecule has 2 saturated heterocycles. The summed E-state index contributed by atoms with van der Waals surface area (Å²) in [6, 6.07) is 11.7. The van der Waals surface area contributed by atoms with Gasteiger partial charge >= 0.3 is 0 Å². The van der Waals surface area contributed by atoms with Crippen LogP contribution in [0.15, 0.2) is 42.6 Å². The second-order valence-electron chi connectivity index (χ2n) is 7.16. The number of aliphatic hydroxyl groups is 1. The maximum atomic E-state index is 12.4. The molecule has 1 amide bonds. The van der Waals surface area contributed by atoms with Crippen LogP contribution in [0.25, 0.3) is 0 Å². The molecule has 6 heteroatoms. The molecule has 2 fully saturated rings. The first-order chi connectivity index (χ1) is 12.7. The smallest absolute Gasteiger partial charge is 0.227 e. The zero-order valence-corrected chi connectivity index (χ0v) is 14.8. The Morgan fingerprint density at radius 3 is 2.65 bits per heavy atom. The van der Waals surface area contributed by atoms with Crippen molar-refractivity contribution in [2.75, 3.05) is 29.4 Å². The van der Waals surface area contributed by atoms with Gasteiger partial charge < -0.3 is 14.9 Å². The summed E-state index contributed by atoms with van der Waals surface area (Å²) in [6.45, 7) is 2.36. The average Bonchev–Trinajstić information content (AvgIpc) is 3.03. The van der Waals surface area contributed by atoms with E-state index in [1.165, 1.54) is 0 Å². The molecule has 0 saturated carbocycles. The number of benzene rings is 1. The fourth-order valence-corrected chi connectivity index (χ4v) is 3.79. The highest BCUT2D eigenvalue weighted by Crippen LogP contribution is 2.27. The Morgan fingerprint density at radius 2 is 1.88 bits per heavy atom. The summed E-state index contributed by atoms with van der Waals surface area (Å²) >= 11 is 0. The zero-order valence-electron chi connectivity index (χ0n) is 14.8. The second-order valence-corrected chi connectivity index (χ2v) is 7.16. The van der Waals surface area contributed by atoms with Crippen molar-refractivity contribution < 1.29 is 9.90 Å². The van der Waals surface area contributed by atoms with Crippen LogP contribution in [0, 0.1) is 5.92 Å². The van der Waals surface area contributed by atoms with Gasteiger partial charge in [0.1, 0.15) is 11.6 Å². The van der Waals surface area contributed by atoms with Gasteiger partial charge in [-0.3, -0.25) is 4.79 Å². The van der Waals surface area contributed by atoms with Crippen LogP contribution >= 0.6 is 0 Å². The van der Waals surface area contributed by atoms with E-state index < -0.39 is 0 Å². The molecule has 136 valence electrons. The molecular weight excluding hydrogens is 328 g/mol. The number of anilines is 2. The number of para-hydroxylation sites is 1. The van der Waals surface area contributed by atoms with Crippen molar-refractivity contribution in [2.24, 2.45) is 5.92 Å². The average molecular weight is 352 g/mol. The number of rotatable bonds is 4. The van der Waals surface area contributed by atoms with Gasteiger partial charge in [-0.05, 0) is 37.0 Å². The molecule has 2 aliphatic heterocycles. The summed E-state index contributed by atoms with van der Waals surface area (Å²) in [5, 5.41) is 9.67. The second kappa shape index (κ2) is 7.41. The summed E-state index contributed by atoms with van der Waals surface area (Å²) in [5.41, 5.74) is 0.960. The van der Waals surface area contributed by atoms with Crippen molar-refractivity contribution in [1.29, 1.82) is 0 Å². The molecule has 0 bridgehead atoms. The number of aromatic nitrogens is 2. The van der Waals surface area contributed by atoms with Crippen LogP contribution in [0.5, 0.6) is 0 Å². The van der Waals surface area contributed by atoms with E-state index in [1.807, 2.05) is 41.3 Å². The molecule has 2 aromatic rings. The van der Waals surface area contributed by atoms with Crippen LogP contribution in [0.2, 0.25) is 0 Å². The molecule has 0 aliphatic carbocycles. The van der Waals surface area contributed by atoms with Crippen molar-refractivity contribution in [3.05, 3.63) is 48.4 Å². The predicted molar refractivity (Wildman–Crippen MR) is 100 cm³/mol. The van der Waals surface area contributed by atoms with Gasteiger partial charge in [0.15, 0.2) is 0 Å². The molecule has 1 N–H and O–H groups in total. The van der Waals surface area contributed by atoms with Crippen LogP contribution in [-0.4, -0.2) is 46.7 Å². The maximum Gasteiger partial charge on any atom is 0.227 e. The minimum absolute atomic E-state index is 0.169. The normalized spacial score (nSPS) is 21.4. The number of amides is 1. The molecule has 2 aliphatic rings. The maximum absolute atomic E-state index is 12.4. The number of aliphatic hydroxyl groups excluding tert-OH is 1. The lowest BCUT2D eigenvalue weighted by molar-refractivity contribution is -0.117. The monoisotopic (exact) mass is 352 g/mol. The van der Waals surface area contributed by atoms with Gasteiger partial charge in [-0.1, -0.05) is 18.2 Å². The van der Waals surface area contributed by atoms with E-state index in [1.54, 1.807) is 6.20 Å². The number of nitrogens with zero attached hydrogens (tertiary/aromatic N) is 4. The van der Waals surface area contributed by atoms with E-state index in [4.69, 9.17) is 4.98 Å². The molecule has 26 heavy (non-hydrogen) atoms. The number of carbonyl (C=O) groups is 1. The highest BCUT2D eigenvalue weighted by Gasteiger charge is 2.31. The third kappa shape index (κ3) is 3.70. The van der Waals surface area contributed by atoms with Gasteiger partial charge in [0.25, 0.3) is 0 Å². The first-order valence-electron chi connectivity index (χ1n) is 9.29. The number of carbonyl (C=O) groups excluding carboxylic acids is 1. The molecule has 1 atom stereocenters. The van der Waals surface area contributed by atoms with E-state index in [2.05, 4.69) is 9.88 Å². The van der Waals surface area contributed by atoms with E-state index in [0.717, 1.165) is 43.3 Å². The number of piperidine rings is 1. The van der Waals surface area contributed by atoms with Gasteiger partial charge in [-0.25, -0.2) is 9.97 Å². The Balaban J connectivity index is 1.42. The first-order valence-corrected chi connectivity index (χ1v) is 9.29. The predicted octanol–water partition coefficient (Wildman–Crippen LogP) is 2.03. The van der Waals surface area contributed by atoms with E-state index in [9.17, 15) is 9.90 Å². The third-order valence-corrected chi connectivity index (χ3v) is 5.22. The number of hydrogen-bond acceptors (Lipinski definition) is 5. The largest absolute Gasteiger partial charge is 0.393 e. The Labute approximate surface area is 153 Å². The van der Waals surface area contributed by atoms with Crippen molar-refractivity contribution in [3.63, 3.8) is 0 Å². The summed E-state index contributed by atoms with van der Waals surface area (Å²) in [6.07, 6.45) is 4.41. The fraction of sp³-hybridized carbons (Fsp3) is 0.450. The zero-order chi connectivity index (χ0) is 17.9. The van der Waals surface area contributed by atoms with Crippen LogP contribution in [0.4, 0.5) is 11.5 Å². The van der Waals surface area contributed by atoms with Gasteiger partial charge in [-0.2, -0.15) is 0 Å². The van der Waals surface area contributed by atoms with Gasteiger partial charge in [-0.15, -0.1) is 0 Å². The van der Waals surface area contributed by atoms with Crippen LogP contribution < -0.4 is 9.80 Å². The Bertz CT molecular complexity index is 759. The lowest BCUT2D eigenvalue weighted by Gasteiger charge is -2.30. The van der Waals surface area contributed by atoms with Crippen LogP contribution in [0.3, 0.4) is 0 Å². The SMILES string of the molecule is O=C1CC(Cc2nccc(N3CCC(O)CC3)n2)CN1c1ccccc1. The lowest BCUT2D eigenvalue weighted by atomic mass is 10.0. The van der Waals surface area contributed by atoms with E-state index in [-0.39, 0.29) is 17.9 Å². The molecule has 3 heterocycles. The topological polar surface area (TPSA) is 69.6 Å². The minimum Gasteiger partial charge on any atom is -0.393 e. The van der Waals surface area contributed by atoms with Crippen LogP contribution in [-0.2, 0) is 11.2 Å².